The summed E-state index contributed by atoms with van der Waals surface area (Å²) in [5.41, 5.74) is 1.50. The summed E-state index contributed by atoms with van der Waals surface area (Å²) in [4.78, 5) is 10.6. The van der Waals surface area contributed by atoms with E-state index >= 15 is 0 Å². The highest BCUT2D eigenvalue weighted by Gasteiger charge is 2.07. The maximum Gasteiger partial charge on any atom is 0.328 e. The number of ether oxygens (including phenoxy) is 2. The molecule has 2 rings (SSSR count). The van der Waals surface area contributed by atoms with Gasteiger partial charge in [0.15, 0.2) is 0 Å². The summed E-state index contributed by atoms with van der Waals surface area (Å²) in [5.74, 6) is 0.138. The normalized spacial score (nSPS) is 10.7. The van der Waals surface area contributed by atoms with Crippen molar-refractivity contribution < 1.29 is 19.4 Å². The molecule has 0 bridgehead atoms. The Hall–Kier alpha value is -2.17. The molecule has 0 radical (unpaired) electrons. The highest BCUT2D eigenvalue weighted by atomic mass is 35.5. The zero-order chi connectivity index (χ0) is 16.8. The van der Waals surface area contributed by atoms with E-state index in [1.54, 1.807) is 43.5 Å². The van der Waals surface area contributed by atoms with Crippen LogP contribution in [-0.2, 0) is 11.4 Å². The Labute approximate surface area is 143 Å². The Kier molecular flexibility index (Phi) is 5.90. The molecule has 4 nitrogen and oxygen atoms in total. The van der Waals surface area contributed by atoms with Gasteiger partial charge in [-0.15, -0.1) is 0 Å². The average molecular weight is 353 g/mol. The molecule has 120 valence electrons. The predicted octanol–water partition coefficient (Wildman–Crippen LogP) is 4.68. The lowest BCUT2D eigenvalue weighted by Crippen LogP contribution is -2.00. The van der Waals surface area contributed by atoms with Crippen molar-refractivity contribution in [3.05, 3.63) is 63.6 Å². The number of aliphatic carboxylic acids is 1. The minimum absolute atomic E-state index is 0.222. The van der Waals surface area contributed by atoms with E-state index in [4.69, 9.17) is 37.8 Å². The van der Waals surface area contributed by atoms with Gasteiger partial charge in [-0.2, -0.15) is 0 Å². The van der Waals surface area contributed by atoms with Crippen LogP contribution in [0.25, 0.3) is 6.08 Å². The molecule has 0 spiro atoms. The van der Waals surface area contributed by atoms with Gasteiger partial charge < -0.3 is 14.6 Å². The van der Waals surface area contributed by atoms with Crippen molar-refractivity contribution in [1.29, 1.82) is 0 Å². The Morgan fingerprint density at radius 3 is 2.57 bits per heavy atom. The minimum atomic E-state index is -1.01. The molecule has 1 N–H and O–H groups in total. The summed E-state index contributed by atoms with van der Waals surface area (Å²) >= 11 is 11.9. The number of carboxylic acid groups (broad SMARTS) is 1. The van der Waals surface area contributed by atoms with Crippen LogP contribution < -0.4 is 9.47 Å². The molecule has 2 aromatic carbocycles. The fraction of sp³-hybridized carbons (Fsp3) is 0.118. The van der Waals surface area contributed by atoms with Crippen LogP contribution in [0.2, 0.25) is 10.0 Å². The topological polar surface area (TPSA) is 55.8 Å². The van der Waals surface area contributed by atoms with Crippen LogP contribution in [-0.4, -0.2) is 18.2 Å². The van der Waals surface area contributed by atoms with Gasteiger partial charge in [0, 0.05) is 16.7 Å². The van der Waals surface area contributed by atoms with Crippen LogP contribution in [0.3, 0.4) is 0 Å². The summed E-state index contributed by atoms with van der Waals surface area (Å²) in [6, 6.07) is 10.3. The van der Waals surface area contributed by atoms with Crippen LogP contribution in [0.1, 0.15) is 11.1 Å². The number of hydrogen-bond donors (Lipinski definition) is 1. The van der Waals surface area contributed by atoms with E-state index < -0.39 is 5.97 Å². The van der Waals surface area contributed by atoms with E-state index in [0.29, 0.717) is 21.5 Å². The Morgan fingerprint density at radius 1 is 1.17 bits per heavy atom. The molecule has 6 heteroatoms. The lowest BCUT2D eigenvalue weighted by molar-refractivity contribution is -0.131. The SMILES string of the molecule is COc1ccc(C=CC(=O)O)cc1COc1ccc(Cl)cc1Cl. The lowest BCUT2D eigenvalue weighted by Gasteiger charge is -2.12. The monoisotopic (exact) mass is 352 g/mol. The van der Waals surface area contributed by atoms with Gasteiger partial charge in [0.25, 0.3) is 0 Å². The van der Waals surface area contributed by atoms with Crippen LogP contribution in [0.5, 0.6) is 11.5 Å². The number of halogens is 2. The number of carboxylic acids is 1. The van der Waals surface area contributed by atoms with E-state index in [-0.39, 0.29) is 6.61 Å². The first-order valence-corrected chi connectivity index (χ1v) is 7.41. The first-order chi connectivity index (χ1) is 11.0. The van der Waals surface area contributed by atoms with Gasteiger partial charge in [0.05, 0.1) is 12.1 Å². The largest absolute Gasteiger partial charge is 0.496 e. The van der Waals surface area contributed by atoms with Crippen molar-refractivity contribution in [2.45, 2.75) is 6.61 Å². The molecule has 0 aromatic heterocycles. The second-order valence-corrected chi connectivity index (χ2v) is 5.45. The fourth-order valence-electron chi connectivity index (χ4n) is 1.93. The molecule has 0 unspecified atom stereocenters. The van der Waals surface area contributed by atoms with Crippen LogP contribution in [0.15, 0.2) is 42.5 Å². The van der Waals surface area contributed by atoms with Crippen molar-refractivity contribution in [3.8, 4) is 11.5 Å². The van der Waals surface area contributed by atoms with Gasteiger partial charge in [-0.1, -0.05) is 29.3 Å². The molecule has 0 heterocycles. The van der Waals surface area contributed by atoms with Gasteiger partial charge in [0.2, 0.25) is 0 Å². The van der Waals surface area contributed by atoms with Crippen molar-refractivity contribution in [2.75, 3.05) is 7.11 Å². The maximum absolute atomic E-state index is 10.6. The Morgan fingerprint density at radius 2 is 1.91 bits per heavy atom. The highest BCUT2D eigenvalue weighted by Crippen LogP contribution is 2.29. The zero-order valence-corrected chi connectivity index (χ0v) is 13.8. The lowest BCUT2D eigenvalue weighted by atomic mass is 10.1. The van der Waals surface area contributed by atoms with Crippen molar-refractivity contribution in [1.82, 2.24) is 0 Å². The van der Waals surface area contributed by atoms with Gasteiger partial charge >= 0.3 is 5.97 Å². The highest BCUT2D eigenvalue weighted by molar-refractivity contribution is 6.35. The van der Waals surface area contributed by atoms with Gasteiger partial charge in [-0.25, -0.2) is 4.79 Å². The summed E-state index contributed by atoms with van der Waals surface area (Å²) in [7, 11) is 1.56. The number of rotatable bonds is 6. The molecular formula is C17H14Cl2O4. The van der Waals surface area contributed by atoms with Crippen molar-refractivity contribution in [3.63, 3.8) is 0 Å². The third-order valence-electron chi connectivity index (χ3n) is 3.00. The second-order valence-electron chi connectivity index (χ2n) is 4.61. The molecule has 0 saturated heterocycles. The molecule has 0 atom stereocenters. The molecule has 0 saturated carbocycles. The standard InChI is InChI=1S/C17H14Cl2O4/c1-22-15-5-2-11(3-7-17(20)21)8-12(15)10-23-16-6-4-13(18)9-14(16)19/h2-9H,10H2,1H3,(H,20,21). The van der Waals surface area contributed by atoms with Crippen molar-refractivity contribution in [2.24, 2.45) is 0 Å². The molecule has 0 amide bonds. The first-order valence-electron chi connectivity index (χ1n) is 6.65. The van der Waals surface area contributed by atoms with E-state index in [9.17, 15) is 4.79 Å². The number of carbonyl (C=O) groups is 1. The van der Waals surface area contributed by atoms with Gasteiger partial charge in [-0.3, -0.25) is 0 Å². The zero-order valence-electron chi connectivity index (χ0n) is 12.3. The second kappa shape index (κ2) is 7.90. The quantitative estimate of drug-likeness (QED) is 0.767. The molecule has 2 aromatic rings. The molecule has 0 fully saturated rings. The minimum Gasteiger partial charge on any atom is -0.496 e. The summed E-state index contributed by atoms with van der Waals surface area (Å²) < 4.78 is 11.0. The van der Waals surface area contributed by atoms with Crippen molar-refractivity contribution >= 4 is 35.2 Å². The van der Waals surface area contributed by atoms with Crippen LogP contribution in [0.4, 0.5) is 0 Å². The predicted molar refractivity (Wildman–Crippen MR) is 90.5 cm³/mol. The number of hydrogen-bond acceptors (Lipinski definition) is 3. The molecule has 23 heavy (non-hydrogen) atoms. The van der Waals surface area contributed by atoms with E-state index in [2.05, 4.69) is 0 Å². The number of methoxy groups -OCH3 is 1. The molecule has 0 aliphatic rings. The fourth-order valence-corrected chi connectivity index (χ4v) is 2.39. The molecule has 0 aliphatic heterocycles. The Bertz CT molecular complexity index is 741. The van der Waals surface area contributed by atoms with E-state index in [0.717, 1.165) is 17.2 Å². The summed E-state index contributed by atoms with van der Waals surface area (Å²) in [5, 5.41) is 9.63. The molecule has 0 aliphatic carbocycles. The van der Waals surface area contributed by atoms with Crippen LogP contribution >= 0.6 is 23.2 Å². The molecular weight excluding hydrogens is 339 g/mol. The summed E-state index contributed by atoms with van der Waals surface area (Å²) in [6.45, 7) is 0.222. The third kappa shape index (κ3) is 4.91. The van der Waals surface area contributed by atoms with Gasteiger partial charge in [0.1, 0.15) is 18.1 Å². The summed E-state index contributed by atoms with van der Waals surface area (Å²) in [6.07, 6.45) is 2.57. The van der Waals surface area contributed by atoms with E-state index in [1.807, 2.05) is 0 Å². The van der Waals surface area contributed by atoms with Crippen LogP contribution in [0, 0.1) is 0 Å². The first kappa shape index (κ1) is 17.2. The average Bonchev–Trinajstić information content (AvgIpc) is 2.52. The van der Waals surface area contributed by atoms with E-state index in [1.165, 1.54) is 6.08 Å². The maximum atomic E-state index is 10.6. The number of benzene rings is 2. The Balaban J connectivity index is 2.20. The van der Waals surface area contributed by atoms with Gasteiger partial charge in [-0.05, 0) is 42.0 Å². The smallest absolute Gasteiger partial charge is 0.328 e. The third-order valence-corrected chi connectivity index (χ3v) is 3.53.